The lowest BCUT2D eigenvalue weighted by atomic mass is 10.1. The number of anilines is 6. The van der Waals surface area contributed by atoms with Crippen molar-refractivity contribution in [3.05, 3.63) is 91.1 Å². The second-order valence-electron chi connectivity index (χ2n) is 12.0. The quantitative estimate of drug-likeness (QED) is 0.164. The summed E-state index contributed by atoms with van der Waals surface area (Å²) in [6.45, 7) is 10.5. The molecule has 2 aliphatic rings. The number of hydrogen-bond acceptors (Lipinski definition) is 10. The minimum absolute atomic E-state index is 0.145. The van der Waals surface area contributed by atoms with Gasteiger partial charge in [-0.05, 0) is 67.7 Å². The summed E-state index contributed by atoms with van der Waals surface area (Å²) in [5, 5.41) is 16.9. The molecular formula is C36H38N10O3. The Labute approximate surface area is 284 Å². The molecule has 2 aromatic heterocycles. The van der Waals surface area contributed by atoms with Gasteiger partial charge in [0.25, 0.3) is 5.91 Å². The number of aromatic amines is 1. The van der Waals surface area contributed by atoms with Gasteiger partial charge in [0.15, 0.2) is 11.3 Å². The number of aromatic nitrogens is 4. The number of fused-ring (bicyclic) bond motifs is 1. The van der Waals surface area contributed by atoms with Crippen molar-refractivity contribution in [3.8, 4) is 11.3 Å². The van der Waals surface area contributed by atoms with E-state index in [2.05, 4.69) is 66.6 Å². The number of hydrogen-bond donors (Lipinski definition) is 4. The molecule has 7 rings (SSSR count). The van der Waals surface area contributed by atoms with E-state index in [4.69, 9.17) is 14.7 Å². The zero-order valence-electron chi connectivity index (χ0n) is 27.3. The first kappa shape index (κ1) is 31.8. The van der Waals surface area contributed by atoms with Crippen LogP contribution in [0.5, 0.6) is 0 Å². The van der Waals surface area contributed by atoms with Crippen molar-refractivity contribution in [3.63, 3.8) is 0 Å². The summed E-state index contributed by atoms with van der Waals surface area (Å²) < 4.78 is 5.46. The molecule has 0 saturated carbocycles. The molecule has 2 saturated heterocycles. The zero-order valence-corrected chi connectivity index (χ0v) is 27.3. The van der Waals surface area contributed by atoms with Crippen LogP contribution >= 0.6 is 0 Å². The Morgan fingerprint density at radius 1 is 0.816 bits per heavy atom. The number of carbonyl (C=O) groups excluding carboxylic acids is 2. The maximum Gasteiger partial charge on any atom is 0.276 e. The predicted molar refractivity (Wildman–Crippen MR) is 193 cm³/mol. The normalized spacial score (nSPS) is 15.2. The van der Waals surface area contributed by atoms with Gasteiger partial charge < -0.3 is 35.4 Å². The highest BCUT2D eigenvalue weighted by Crippen LogP contribution is 2.32. The number of likely N-dealkylation sites (N-methyl/N-ethyl adjacent to an activating group) is 1. The minimum Gasteiger partial charge on any atom is -0.378 e. The van der Waals surface area contributed by atoms with Gasteiger partial charge in [-0.3, -0.25) is 14.7 Å². The lowest BCUT2D eigenvalue weighted by Gasteiger charge is -2.34. The van der Waals surface area contributed by atoms with E-state index < -0.39 is 5.91 Å². The Morgan fingerprint density at radius 3 is 2.33 bits per heavy atom. The Morgan fingerprint density at radius 2 is 1.55 bits per heavy atom. The molecule has 4 N–H and O–H groups in total. The van der Waals surface area contributed by atoms with Crippen molar-refractivity contribution in [1.82, 2.24) is 25.1 Å². The molecule has 0 radical (unpaired) electrons. The van der Waals surface area contributed by atoms with Crippen molar-refractivity contribution in [2.75, 3.05) is 85.3 Å². The average molecular weight is 659 g/mol. The first-order valence-corrected chi connectivity index (χ1v) is 16.3. The van der Waals surface area contributed by atoms with Gasteiger partial charge in [-0.1, -0.05) is 24.8 Å². The van der Waals surface area contributed by atoms with Crippen LogP contribution in [0.2, 0.25) is 0 Å². The van der Waals surface area contributed by atoms with Crippen LogP contribution in [-0.2, 0) is 9.53 Å². The number of benzene rings is 3. The van der Waals surface area contributed by atoms with Crippen LogP contribution in [-0.4, -0.2) is 96.4 Å². The smallest absolute Gasteiger partial charge is 0.276 e. The third-order valence-electron chi connectivity index (χ3n) is 8.70. The fraction of sp³-hybridized carbons (Fsp3) is 0.250. The molecule has 5 aromatic rings. The lowest BCUT2D eigenvalue weighted by Crippen LogP contribution is -2.44. The van der Waals surface area contributed by atoms with E-state index in [0.29, 0.717) is 52.8 Å². The molecule has 13 heteroatoms. The van der Waals surface area contributed by atoms with E-state index in [1.165, 1.54) is 6.08 Å². The topological polar surface area (TPSA) is 144 Å². The third kappa shape index (κ3) is 7.22. The largest absolute Gasteiger partial charge is 0.378 e. The number of nitrogens with one attached hydrogen (secondary N) is 4. The third-order valence-corrected chi connectivity index (χ3v) is 8.70. The number of piperazine rings is 1. The molecule has 0 bridgehead atoms. The Bertz CT molecular complexity index is 1980. The van der Waals surface area contributed by atoms with E-state index in [9.17, 15) is 9.59 Å². The molecule has 13 nitrogen and oxygen atoms in total. The van der Waals surface area contributed by atoms with E-state index >= 15 is 0 Å². The molecule has 2 aliphatic heterocycles. The first-order chi connectivity index (χ1) is 23.9. The number of H-pyrrole nitrogens is 1. The lowest BCUT2D eigenvalue weighted by molar-refractivity contribution is -0.111. The molecule has 0 spiro atoms. The van der Waals surface area contributed by atoms with Crippen molar-refractivity contribution in [2.24, 2.45) is 0 Å². The fourth-order valence-electron chi connectivity index (χ4n) is 6.04. The van der Waals surface area contributed by atoms with Crippen LogP contribution in [0.25, 0.3) is 22.3 Å². The van der Waals surface area contributed by atoms with Crippen LogP contribution in [0, 0.1) is 0 Å². The minimum atomic E-state index is -0.410. The summed E-state index contributed by atoms with van der Waals surface area (Å²) in [5.74, 6) is -0.421. The van der Waals surface area contributed by atoms with Crippen molar-refractivity contribution in [2.45, 2.75) is 0 Å². The number of ether oxygens (including phenoxy) is 1. The molecule has 3 aromatic carbocycles. The SMILES string of the molecule is C=CC(=O)Nc1cccc(-c2nc(Nc3cccc(N4CCN(C)CC4)c3)nc3[nH]nc(C(=O)Nc4ccc(N5CCOCC5)cc4)c23)c1. The Balaban J connectivity index is 1.21. The average Bonchev–Trinajstić information content (AvgIpc) is 3.57. The van der Waals surface area contributed by atoms with Crippen molar-refractivity contribution < 1.29 is 14.3 Å². The molecular weight excluding hydrogens is 620 g/mol. The highest BCUT2D eigenvalue weighted by molar-refractivity contribution is 6.14. The molecule has 0 aliphatic carbocycles. The Hall–Kier alpha value is -5.79. The maximum absolute atomic E-state index is 13.7. The molecule has 2 amide bonds. The molecule has 49 heavy (non-hydrogen) atoms. The fourth-order valence-corrected chi connectivity index (χ4v) is 6.04. The van der Waals surface area contributed by atoms with E-state index in [-0.39, 0.29) is 11.6 Å². The van der Waals surface area contributed by atoms with Gasteiger partial charge >= 0.3 is 0 Å². The van der Waals surface area contributed by atoms with Gasteiger partial charge in [0.05, 0.1) is 24.3 Å². The number of nitrogens with zero attached hydrogens (tertiary/aromatic N) is 6. The van der Waals surface area contributed by atoms with E-state index in [1.807, 2.05) is 48.5 Å². The van der Waals surface area contributed by atoms with E-state index in [1.54, 1.807) is 12.1 Å². The number of carbonyl (C=O) groups is 2. The second-order valence-corrected chi connectivity index (χ2v) is 12.0. The van der Waals surface area contributed by atoms with Crippen LogP contribution < -0.4 is 25.8 Å². The van der Waals surface area contributed by atoms with Crippen LogP contribution in [0.3, 0.4) is 0 Å². The Kier molecular flexibility index (Phi) is 9.17. The molecule has 0 atom stereocenters. The summed E-state index contributed by atoms with van der Waals surface area (Å²) in [6, 6.07) is 23.1. The highest BCUT2D eigenvalue weighted by atomic mass is 16.5. The van der Waals surface area contributed by atoms with Gasteiger partial charge in [0, 0.05) is 73.3 Å². The van der Waals surface area contributed by atoms with Gasteiger partial charge in [0.1, 0.15) is 0 Å². The van der Waals surface area contributed by atoms with Gasteiger partial charge in [-0.2, -0.15) is 10.1 Å². The van der Waals surface area contributed by atoms with E-state index in [0.717, 1.165) is 56.3 Å². The molecule has 4 heterocycles. The summed E-state index contributed by atoms with van der Waals surface area (Å²) in [4.78, 5) is 42.4. The van der Waals surface area contributed by atoms with Crippen LogP contribution in [0.4, 0.5) is 34.4 Å². The number of rotatable bonds is 9. The van der Waals surface area contributed by atoms with Crippen molar-refractivity contribution in [1.29, 1.82) is 0 Å². The molecule has 2 fully saturated rings. The van der Waals surface area contributed by atoms with Crippen LogP contribution in [0.15, 0.2) is 85.5 Å². The van der Waals surface area contributed by atoms with Crippen LogP contribution in [0.1, 0.15) is 10.5 Å². The monoisotopic (exact) mass is 658 g/mol. The summed E-state index contributed by atoms with van der Waals surface area (Å²) in [5.41, 5.74) is 5.86. The predicted octanol–water partition coefficient (Wildman–Crippen LogP) is 4.73. The highest BCUT2D eigenvalue weighted by Gasteiger charge is 2.23. The van der Waals surface area contributed by atoms with Gasteiger partial charge in [-0.15, -0.1) is 0 Å². The summed E-state index contributed by atoms with van der Waals surface area (Å²) >= 11 is 0. The number of morpholine rings is 1. The summed E-state index contributed by atoms with van der Waals surface area (Å²) in [6.07, 6.45) is 1.21. The maximum atomic E-state index is 13.7. The first-order valence-electron chi connectivity index (χ1n) is 16.3. The summed E-state index contributed by atoms with van der Waals surface area (Å²) in [7, 11) is 2.14. The van der Waals surface area contributed by atoms with Gasteiger partial charge in [0.2, 0.25) is 11.9 Å². The molecule has 250 valence electrons. The van der Waals surface area contributed by atoms with Gasteiger partial charge in [-0.25, -0.2) is 4.98 Å². The standard InChI is InChI=1S/C36H38N10O3/c1-3-30(47)37-26-7-4-6-24(22-26)32-31-33(35(48)38-25-10-12-28(13-11-25)46-18-20-49-21-19-46)42-43-34(31)41-36(40-32)39-27-8-5-9-29(23-27)45-16-14-44(2)15-17-45/h3-13,22-23H,1,14-21H2,2H3,(H,37,47)(H,38,48)(H2,39,40,41,42,43). The molecule has 0 unspecified atom stereocenters. The second kappa shape index (κ2) is 14.1. The zero-order chi connectivity index (χ0) is 33.7. The number of amides is 2. The van der Waals surface area contributed by atoms with Crippen molar-refractivity contribution >= 4 is 57.2 Å².